The minimum atomic E-state index is -0.920. The van der Waals surface area contributed by atoms with Gasteiger partial charge in [0.25, 0.3) is 5.91 Å². The molecule has 1 amide bonds. The highest BCUT2D eigenvalue weighted by Crippen LogP contribution is 2.32. The molecular formula is C23H34N4O2. The molecule has 1 unspecified atom stereocenters. The molecule has 1 atom stereocenters. The van der Waals surface area contributed by atoms with E-state index in [0.29, 0.717) is 12.1 Å². The van der Waals surface area contributed by atoms with Crippen molar-refractivity contribution in [1.29, 1.82) is 0 Å². The number of hydrogen-bond donors (Lipinski definition) is 2. The summed E-state index contributed by atoms with van der Waals surface area (Å²) in [5, 5.41) is 18.3. The summed E-state index contributed by atoms with van der Waals surface area (Å²) in [5.41, 5.74) is 0.682. The van der Waals surface area contributed by atoms with E-state index in [4.69, 9.17) is 0 Å². The van der Waals surface area contributed by atoms with Crippen LogP contribution >= 0.6 is 0 Å². The molecule has 2 heterocycles. The Hall–Kier alpha value is -2.34. The largest absolute Gasteiger partial charge is 0.388 e. The van der Waals surface area contributed by atoms with Gasteiger partial charge < -0.3 is 15.3 Å². The van der Waals surface area contributed by atoms with Gasteiger partial charge in [0.15, 0.2) is 0 Å². The number of amides is 1. The Morgan fingerprint density at radius 2 is 1.93 bits per heavy atom. The number of anilines is 1. The van der Waals surface area contributed by atoms with E-state index in [1.165, 1.54) is 5.56 Å². The van der Waals surface area contributed by atoms with Crippen LogP contribution in [-0.2, 0) is 12.0 Å². The summed E-state index contributed by atoms with van der Waals surface area (Å²) in [6.45, 7) is 8.51. The van der Waals surface area contributed by atoms with Crippen molar-refractivity contribution in [2.75, 3.05) is 18.9 Å². The molecule has 1 aromatic heterocycles. The van der Waals surface area contributed by atoms with Crippen molar-refractivity contribution < 1.29 is 9.90 Å². The van der Waals surface area contributed by atoms with Gasteiger partial charge in [-0.3, -0.25) is 4.79 Å². The number of hydrogen-bond acceptors (Lipinski definition) is 4. The van der Waals surface area contributed by atoms with E-state index >= 15 is 0 Å². The quantitative estimate of drug-likeness (QED) is 0.747. The molecule has 1 aromatic carbocycles. The molecule has 0 bridgehead atoms. The average Bonchev–Trinajstić information content (AvgIpc) is 3.33. The first-order valence-electron chi connectivity index (χ1n) is 10.5. The second kappa shape index (κ2) is 8.19. The number of nitrogens with zero attached hydrogens (tertiary/aromatic N) is 3. The molecule has 0 saturated carbocycles. The van der Waals surface area contributed by atoms with Crippen molar-refractivity contribution >= 4 is 11.7 Å². The number of rotatable bonds is 7. The van der Waals surface area contributed by atoms with Crippen molar-refractivity contribution in [2.24, 2.45) is 0 Å². The first kappa shape index (κ1) is 21.4. The number of benzene rings is 1. The maximum atomic E-state index is 13.3. The van der Waals surface area contributed by atoms with Gasteiger partial charge >= 0.3 is 0 Å². The van der Waals surface area contributed by atoms with Crippen LogP contribution in [0.25, 0.3) is 0 Å². The number of aromatic nitrogens is 2. The highest BCUT2D eigenvalue weighted by Gasteiger charge is 2.40. The first-order chi connectivity index (χ1) is 13.6. The molecule has 2 aromatic rings. The van der Waals surface area contributed by atoms with Gasteiger partial charge in [-0.05, 0) is 58.9 Å². The zero-order valence-electron chi connectivity index (χ0n) is 18.3. The Morgan fingerprint density at radius 3 is 2.55 bits per heavy atom. The van der Waals surface area contributed by atoms with Gasteiger partial charge in [-0.15, -0.1) is 0 Å². The fourth-order valence-electron chi connectivity index (χ4n) is 4.30. The van der Waals surface area contributed by atoms with Crippen LogP contribution in [-0.4, -0.2) is 50.9 Å². The van der Waals surface area contributed by atoms with Gasteiger partial charge in [-0.1, -0.05) is 30.3 Å². The lowest BCUT2D eigenvalue weighted by atomic mass is 9.95. The van der Waals surface area contributed by atoms with Crippen LogP contribution in [0.4, 0.5) is 5.82 Å². The third-order valence-electron chi connectivity index (χ3n) is 6.01. The van der Waals surface area contributed by atoms with E-state index in [-0.39, 0.29) is 17.5 Å². The summed E-state index contributed by atoms with van der Waals surface area (Å²) in [7, 11) is 1.83. The summed E-state index contributed by atoms with van der Waals surface area (Å²) in [5.74, 6) is 0.665. The van der Waals surface area contributed by atoms with E-state index in [1.54, 1.807) is 24.9 Å². The van der Waals surface area contributed by atoms with Crippen molar-refractivity contribution in [3.8, 4) is 0 Å². The van der Waals surface area contributed by atoms with Crippen molar-refractivity contribution in [3.63, 3.8) is 0 Å². The molecule has 1 fully saturated rings. The van der Waals surface area contributed by atoms with Crippen molar-refractivity contribution in [2.45, 2.75) is 70.6 Å². The second-order valence-corrected chi connectivity index (χ2v) is 9.18. The SMILES string of the molecule is CNc1c(C(=O)N2CCCC2C(C)(C)O)cnn1C(C)(C)CCc1ccccc1. The predicted octanol–water partition coefficient (Wildman–Crippen LogP) is 3.67. The second-order valence-electron chi connectivity index (χ2n) is 9.18. The monoisotopic (exact) mass is 398 g/mol. The standard InChI is InChI=1S/C23H34N4O2/c1-22(2,14-13-17-10-7-6-8-11-17)27-20(24-5)18(16-25-27)21(28)26-15-9-12-19(26)23(3,4)29/h6-8,10-11,16,19,24,29H,9,12-15H2,1-5H3. The Bertz CT molecular complexity index is 836. The number of carbonyl (C=O) groups is 1. The van der Waals surface area contributed by atoms with E-state index in [2.05, 4.69) is 48.5 Å². The van der Waals surface area contributed by atoms with Crippen LogP contribution in [0, 0.1) is 0 Å². The predicted molar refractivity (Wildman–Crippen MR) is 116 cm³/mol. The highest BCUT2D eigenvalue weighted by molar-refractivity contribution is 5.99. The Balaban J connectivity index is 1.83. The van der Waals surface area contributed by atoms with Crippen LogP contribution in [0.3, 0.4) is 0 Å². The van der Waals surface area contributed by atoms with Crippen LogP contribution in [0.5, 0.6) is 0 Å². The van der Waals surface area contributed by atoms with E-state index in [1.807, 2.05) is 17.8 Å². The molecular weight excluding hydrogens is 364 g/mol. The summed E-state index contributed by atoms with van der Waals surface area (Å²) in [4.78, 5) is 15.1. The summed E-state index contributed by atoms with van der Waals surface area (Å²) in [6.07, 6.45) is 5.23. The molecule has 1 saturated heterocycles. The Morgan fingerprint density at radius 1 is 1.24 bits per heavy atom. The molecule has 3 rings (SSSR count). The van der Waals surface area contributed by atoms with Crippen LogP contribution in [0.15, 0.2) is 36.5 Å². The van der Waals surface area contributed by atoms with E-state index in [0.717, 1.165) is 31.5 Å². The van der Waals surface area contributed by atoms with Gasteiger partial charge in [0.1, 0.15) is 11.4 Å². The highest BCUT2D eigenvalue weighted by atomic mass is 16.3. The molecule has 6 nitrogen and oxygen atoms in total. The molecule has 1 aliphatic rings. The van der Waals surface area contributed by atoms with Crippen LogP contribution < -0.4 is 5.32 Å². The third kappa shape index (κ3) is 4.47. The lowest BCUT2D eigenvalue weighted by molar-refractivity contribution is 0.000362. The summed E-state index contributed by atoms with van der Waals surface area (Å²) < 4.78 is 1.93. The lowest BCUT2D eigenvalue weighted by Crippen LogP contribution is -2.48. The summed E-state index contributed by atoms with van der Waals surface area (Å²) >= 11 is 0. The van der Waals surface area contributed by atoms with E-state index in [9.17, 15) is 9.90 Å². The van der Waals surface area contributed by atoms with Crippen LogP contribution in [0.2, 0.25) is 0 Å². The molecule has 6 heteroatoms. The maximum absolute atomic E-state index is 13.3. The smallest absolute Gasteiger partial charge is 0.259 e. The zero-order chi connectivity index (χ0) is 21.2. The van der Waals surface area contributed by atoms with E-state index < -0.39 is 5.60 Å². The minimum absolute atomic E-state index is 0.0657. The Kier molecular flexibility index (Phi) is 6.03. The molecule has 29 heavy (non-hydrogen) atoms. The van der Waals surface area contributed by atoms with Gasteiger partial charge in [0.05, 0.1) is 23.4 Å². The maximum Gasteiger partial charge on any atom is 0.259 e. The first-order valence-corrected chi connectivity index (χ1v) is 10.5. The number of likely N-dealkylation sites (tertiary alicyclic amines) is 1. The fraction of sp³-hybridized carbons (Fsp3) is 0.565. The molecule has 0 aliphatic carbocycles. The van der Waals surface area contributed by atoms with Gasteiger partial charge in [0, 0.05) is 13.6 Å². The molecule has 1 aliphatic heterocycles. The van der Waals surface area contributed by atoms with Crippen molar-refractivity contribution in [3.05, 3.63) is 47.7 Å². The number of carbonyl (C=O) groups excluding carboxylic acids is 1. The average molecular weight is 399 g/mol. The molecule has 0 spiro atoms. The van der Waals surface area contributed by atoms with Gasteiger partial charge in [0.2, 0.25) is 0 Å². The molecule has 0 radical (unpaired) electrons. The fourth-order valence-corrected chi connectivity index (χ4v) is 4.30. The zero-order valence-corrected chi connectivity index (χ0v) is 18.3. The molecule has 2 N–H and O–H groups in total. The lowest BCUT2D eigenvalue weighted by Gasteiger charge is -2.34. The number of nitrogens with one attached hydrogen (secondary N) is 1. The molecule has 158 valence electrons. The summed E-state index contributed by atoms with van der Waals surface area (Å²) in [6, 6.07) is 10.2. The minimum Gasteiger partial charge on any atom is -0.388 e. The number of aliphatic hydroxyl groups is 1. The van der Waals surface area contributed by atoms with Crippen LogP contribution in [0.1, 0.15) is 62.9 Å². The van der Waals surface area contributed by atoms with Gasteiger partial charge in [-0.2, -0.15) is 5.10 Å². The van der Waals surface area contributed by atoms with Gasteiger partial charge in [-0.25, -0.2) is 4.68 Å². The van der Waals surface area contributed by atoms with Crippen molar-refractivity contribution in [1.82, 2.24) is 14.7 Å². The normalized spacial score (nSPS) is 17.6. The number of aryl methyl sites for hydroxylation is 1. The Labute approximate surface area is 173 Å². The topological polar surface area (TPSA) is 70.4 Å². The third-order valence-corrected chi connectivity index (χ3v) is 6.01.